The molecule has 25 heavy (non-hydrogen) atoms. The van der Waals surface area contributed by atoms with Crippen molar-refractivity contribution in [2.75, 3.05) is 18.0 Å². The van der Waals surface area contributed by atoms with E-state index in [9.17, 15) is 9.59 Å². The number of hydrogen-bond donors (Lipinski definition) is 1. The van der Waals surface area contributed by atoms with Gasteiger partial charge in [-0.05, 0) is 37.5 Å². The van der Waals surface area contributed by atoms with Crippen LogP contribution in [0.1, 0.15) is 18.9 Å². The van der Waals surface area contributed by atoms with E-state index >= 15 is 0 Å². The van der Waals surface area contributed by atoms with Gasteiger partial charge in [0.2, 0.25) is 11.8 Å². The van der Waals surface area contributed by atoms with E-state index in [4.69, 9.17) is 0 Å². The first kappa shape index (κ1) is 17.2. The second-order valence-electron chi connectivity index (χ2n) is 6.39. The topological polar surface area (TPSA) is 49.4 Å². The number of carbonyl (C=O) groups excluding carboxylic acids is 2. The smallest absolute Gasteiger partial charge is 0.230 e. The molecule has 0 aromatic heterocycles. The summed E-state index contributed by atoms with van der Waals surface area (Å²) in [5.74, 6) is -0.312. The summed E-state index contributed by atoms with van der Waals surface area (Å²) in [6.45, 7) is 3.18. The van der Waals surface area contributed by atoms with Crippen LogP contribution in [-0.2, 0) is 16.0 Å². The van der Waals surface area contributed by atoms with Gasteiger partial charge in [0, 0.05) is 18.8 Å². The number of carbonyl (C=O) groups is 2. The molecule has 2 aromatic rings. The van der Waals surface area contributed by atoms with Crippen molar-refractivity contribution in [1.82, 2.24) is 5.32 Å². The van der Waals surface area contributed by atoms with Gasteiger partial charge in [-0.2, -0.15) is 0 Å². The normalized spacial score (nSPS) is 18.4. The van der Waals surface area contributed by atoms with Gasteiger partial charge in [-0.1, -0.05) is 48.5 Å². The second-order valence-corrected chi connectivity index (χ2v) is 6.39. The van der Waals surface area contributed by atoms with E-state index in [0.29, 0.717) is 19.5 Å². The van der Waals surface area contributed by atoms with E-state index in [1.54, 1.807) is 4.90 Å². The maximum atomic E-state index is 12.7. The Balaban J connectivity index is 1.49. The summed E-state index contributed by atoms with van der Waals surface area (Å²) >= 11 is 0. The van der Waals surface area contributed by atoms with Gasteiger partial charge < -0.3 is 10.2 Å². The van der Waals surface area contributed by atoms with Gasteiger partial charge in [-0.3, -0.25) is 9.59 Å². The molecule has 3 rings (SSSR count). The van der Waals surface area contributed by atoms with Crippen molar-refractivity contribution in [3.05, 3.63) is 66.2 Å². The summed E-state index contributed by atoms with van der Waals surface area (Å²) in [6, 6.07) is 19.7. The van der Waals surface area contributed by atoms with Crippen molar-refractivity contribution in [3.8, 4) is 0 Å². The molecule has 1 aliphatic rings. The molecule has 1 saturated carbocycles. The van der Waals surface area contributed by atoms with Crippen LogP contribution in [0.25, 0.3) is 0 Å². The molecule has 0 radical (unpaired) electrons. The van der Waals surface area contributed by atoms with E-state index in [1.165, 1.54) is 5.56 Å². The van der Waals surface area contributed by atoms with Crippen LogP contribution >= 0.6 is 0 Å². The van der Waals surface area contributed by atoms with E-state index < -0.39 is 0 Å². The number of rotatable bonds is 7. The molecule has 2 amide bonds. The van der Waals surface area contributed by atoms with Crippen molar-refractivity contribution in [1.29, 1.82) is 0 Å². The number of para-hydroxylation sites is 1. The van der Waals surface area contributed by atoms with Crippen LogP contribution in [0.2, 0.25) is 0 Å². The Morgan fingerprint density at radius 1 is 1.00 bits per heavy atom. The Hall–Kier alpha value is -2.62. The highest BCUT2D eigenvalue weighted by atomic mass is 16.2. The molecule has 1 fully saturated rings. The summed E-state index contributed by atoms with van der Waals surface area (Å²) in [5, 5.41) is 2.96. The number of benzene rings is 2. The molecule has 0 heterocycles. The molecule has 4 nitrogen and oxygen atoms in total. The fourth-order valence-corrected chi connectivity index (χ4v) is 3.14. The zero-order valence-electron chi connectivity index (χ0n) is 14.5. The van der Waals surface area contributed by atoms with Crippen molar-refractivity contribution in [2.24, 2.45) is 11.8 Å². The molecule has 1 N–H and O–H groups in total. The number of nitrogens with one attached hydrogen (secondary N) is 1. The molecular formula is C21H24N2O2. The Labute approximate surface area is 148 Å². The maximum Gasteiger partial charge on any atom is 0.230 e. The van der Waals surface area contributed by atoms with Gasteiger partial charge in [0.25, 0.3) is 0 Å². The minimum absolute atomic E-state index is 0.00149. The largest absolute Gasteiger partial charge is 0.356 e. The van der Waals surface area contributed by atoms with Gasteiger partial charge in [0.15, 0.2) is 0 Å². The van der Waals surface area contributed by atoms with Gasteiger partial charge in [-0.15, -0.1) is 0 Å². The van der Waals surface area contributed by atoms with Crippen LogP contribution in [0.5, 0.6) is 0 Å². The molecule has 4 heteroatoms. The molecule has 0 aliphatic heterocycles. The van der Waals surface area contributed by atoms with Crippen LogP contribution in [0.3, 0.4) is 0 Å². The van der Waals surface area contributed by atoms with Gasteiger partial charge in [0.1, 0.15) is 0 Å². The van der Waals surface area contributed by atoms with Gasteiger partial charge >= 0.3 is 0 Å². The van der Waals surface area contributed by atoms with Crippen molar-refractivity contribution >= 4 is 17.5 Å². The molecule has 1 aliphatic carbocycles. The minimum Gasteiger partial charge on any atom is -0.356 e. The lowest BCUT2D eigenvalue weighted by molar-refractivity contribution is -0.126. The molecule has 0 spiro atoms. The quantitative estimate of drug-likeness (QED) is 0.845. The molecule has 0 bridgehead atoms. The van der Waals surface area contributed by atoms with E-state index in [0.717, 1.165) is 12.1 Å². The summed E-state index contributed by atoms with van der Waals surface area (Å²) in [7, 11) is 0. The monoisotopic (exact) mass is 336 g/mol. The first-order chi connectivity index (χ1) is 12.2. The van der Waals surface area contributed by atoms with Crippen LogP contribution < -0.4 is 10.2 Å². The standard InChI is InChI=1S/C21H24N2O2/c1-2-23(17-11-7-4-8-12-17)21(25)19-15-18(19)20(24)22-14-13-16-9-5-3-6-10-16/h3-12,18-19H,2,13-15H2,1H3,(H,22,24). The van der Waals surface area contributed by atoms with E-state index in [-0.39, 0.29) is 23.7 Å². The summed E-state index contributed by atoms with van der Waals surface area (Å²) in [4.78, 5) is 26.7. The highest BCUT2D eigenvalue weighted by Crippen LogP contribution is 2.40. The third kappa shape index (κ3) is 4.27. The lowest BCUT2D eigenvalue weighted by Gasteiger charge is -2.21. The highest BCUT2D eigenvalue weighted by Gasteiger charge is 2.49. The summed E-state index contributed by atoms with van der Waals surface area (Å²) < 4.78 is 0. The fraction of sp³-hybridized carbons (Fsp3) is 0.333. The summed E-state index contributed by atoms with van der Waals surface area (Å²) in [6.07, 6.45) is 1.46. The molecule has 130 valence electrons. The van der Waals surface area contributed by atoms with Crippen LogP contribution in [0.15, 0.2) is 60.7 Å². The number of anilines is 1. The average molecular weight is 336 g/mol. The zero-order valence-corrected chi connectivity index (χ0v) is 14.5. The highest BCUT2D eigenvalue weighted by molar-refractivity contribution is 6.01. The number of amides is 2. The van der Waals surface area contributed by atoms with E-state index in [2.05, 4.69) is 17.4 Å². The fourth-order valence-electron chi connectivity index (χ4n) is 3.14. The molecular weight excluding hydrogens is 312 g/mol. The Bertz CT molecular complexity index is 715. The lowest BCUT2D eigenvalue weighted by atomic mass is 10.1. The third-order valence-electron chi connectivity index (χ3n) is 4.65. The maximum absolute atomic E-state index is 12.7. The molecule has 2 unspecified atom stereocenters. The SMILES string of the molecule is CCN(C(=O)C1CC1C(=O)NCCc1ccccc1)c1ccccc1. The minimum atomic E-state index is -0.183. The molecule has 2 aromatic carbocycles. The zero-order chi connectivity index (χ0) is 17.6. The van der Waals surface area contributed by atoms with Gasteiger partial charge in [0.05, 0.1) is 11.8 Å². The first-order valence-electron chi connectivity index (χ1n) is 8.88. The van der Waals surface area contributed by atoms with Crippen molar-refractivity contribution in [2.45, 2.75) is 19.8 Å². The Kier molecular flexibility index (Phi) is 5.49. The number of nitrogens with zero attached hydrogens (tertiary/aromatic N) is 1. The molecule has 0 saturated heterocycles. The van der Waals surface area contributed by atoms with E-state index in [1.807, 2.05) is 55.5 Å². The van der Waals surface area contributed by atoms with Crippen LogP contribution in [-0.4, -0.2) is 24.9 Å². The lowest BCUT2D eigenvalue weighted by Crippen LogP contribution is -2.34. The van der Waals surface area contributed by atoms with Crippen molar-refractivity contribution < 1.29 is 9.59 Å². The average Bonchev–Trinajstić information content (AvgIpc) is 3.45. The molecule has 2 atom stereocenters. The Morgan fingerprint density at radius 2 is 1.64 bits per heavy atom. The van der Waals surface area contributed by atoms with Gasteiger partial charge in [-0.25, -0.2) is 0 Å². The predicted molar refractivity (Wildman–Crippen MR) is 99.2 cm³/mol. The Morgan fingerprint density at radius 3 is 2.28 bits per heavy atom. The summed E-state index contributed by atoms with van der Waals surface area (Å²) in [5.41, 5.74) is 2.09. The number of hydrogen-bond acceptors (Lipinski definition) is 2. The third-order valence-corrected chi connectivity index (χ3v) is 4.65. The predicted octanol–water partition coefficient (Wildman–Crippen LogP) is 3.03. The van der Waals surface area contributed by atoms with Crippen LogP contribution in [0.4, 0.5) is 5.69 Å². The van der Waals surface area contributed by atoms with Crippen molar-refractivity contribution in [3.63, 3.8) is 0 Å². The first-order valence-corrected chi connectivity index (χ1v) is 8.88. The van der Waals surface area contributed by atoms with Crippen LogP contribution in [0, 0.1) is 11.8 Å². The second kappa shape index (κ2) is 7.97.